The quantitative estimate of drug-likeness (QED) is 0.200. The Morgan fingerprint density at radius 2 is 1.06 bits per heavy atom. The maximum Gasteiger partial charge on any atom is 0.279 e. The minimum absolute atomic E-state index is 0.186. The van der Waals surface area contributed by atoms with E-state index in [1.165, 1.54) is 15.4 Å². The molecule has 0 spiro atoms. The van der Waals surface area contributed by atoms with E-state index in [-0.39, 0.29) is 16.3 Å². The third-order valence-corrected chi connectivity index (χ3v) is 7.48. The van der Waals surface area contributed by atoms with Gasteiger partial charge >= 0.3 is 0 Å². The zero-order valence-electron chi connectivity index (χ0n) is 25.6. The summed E-state index contributed by atoms with van der Waals surface area (Å²) in [5, 5.41) is 27.3. The zero-order valence-corrected chi connectivity index (χ0v) is 26.3. The summed E-state index contributed by atoms with van der Waals surface area (Å²) in [5.74, 6) is 0. The van der Waals surface area contributed by atoms with Gasteiger partial charge in [-0.1, -0.05) is 96.5 Å². The highest BCUT2D eigenvalue weighted by Gasteiger charge is 2.16. The molecule has 234 valence electrons. The molecule has 0 amide bonds. The van der Waals surface area contributed by atoms with Crippen LogP contribution in [0.15, 0.2) is 150 Å². The van der Waals surface area contributed by atoms with Crippen molar-refractivity contribution in [1.29, 1.82) is 10.5 Å². The normalized spacial score (nSPS) is 10.3. The number of nitriles is 2. The Morgan fingerprint density at radius 1 is 0.571 bits per heavy atom. The van der Waals surface area contributed by atoms with Crippen molar-refractivity contribution in [2.24, 2.45) is 0 Å². The third-order valence-electron chi connectivity index (χ3n) is 7.29. The molecule has 0 radical (unpaired) electrons. The molecule has 4 aromatic carbocycles. The van der Waals surface area contributed by atoms with Crippen molar-refractivity contribution in [1.82, 2.24) is 29.5 Å². The number of nitrogens with zero attached hydrogens (tertiary/aromatic N) is 8. The molecular formula is C38H23ClN8O2. The lowest BCUT2D eigenvalue weighted by molar-refractivity contribution is 0.808. The summed E-state index contributed by atoms with van der Waals surface area (Å²) in [6, 6.07) is 39.6. The lowest BCUT2D eigenvalue weighted by atomic mass is 10.1. The molecule has 0 N–H and O–H groups in total. The Labute approximate surface area is 285 Å². The van der Waals surface area contributed by atoms with Gasteiger partial charge in [0.15, 0.2) is 5.15 Å². The van der Waals surface area contributed by atoms with Gasteiger partial charge < -0.3 is 0 Å². The van der Waals surface area contributed by atoms with Crippen LogP contribution in [0.3, 0.4) is 0 Å². The molecule has 0 saturated heterocycles. The van der Waals surface area contributed by atoms with Gasteiger partial charge in [-0.3, -0.25) is 19.6 Å². The molecule has 7 aromatic rings. The first-order valence-corrected chi connectivity index (χ1v) is 15.2. The van der Waals surface area contributed by atoms with E-state index in [0.29, 0.717) is 45.0 Å². The molecule has 0 bridgehead atoms. The summed E-state index contributed by atoms with van der Waals surface area (Å²) in [5.41, 5.74) is 4.39. The SMILES string of the molecule is N#Cc1ccccc1-n1nc(-c2cnccn2)cc(-c2ccccc2)c1=O.N#Cc1ccccc1-n1nc(Cl)cc(-c2ccccc2)c1=O. The minimum Gasteiger partial charge on any atom is -0.267 e. The number of halogens is 1. The van der Waals surface area contributed by atoms with Gasteiger partial charge in [-0.05, 0) is 47.5 Å². The largest absolute Gasteiger partial charge is 0.279 e. The standard InChI is InChI=1S/C21H13N5O.C17H10ClN3O/c22-13-16-8-4-5-9-20(16)26-21(27)17(15-6-2-1-3-7-15)12-18(25-26)19-14-23-10-11-24-19;18-16-10-14(12-6-2-1-3-7-12)17(22)21(20-16)15-9-5-4-8-13(15)11-19/h1-12,14H;1-10H. The van der Waals surface area contributed by atoms with Crippen LogP contribution in [0.2, 0.25) is 5.15 Å². The first kappa shape index (κ1) is 32.0. The van der Waals surface area contributed by atoms with Gasteiger partial charge in [-0.25, -0.2) is 0 Å². The Hall–Kier alpha value is -7.01. The predicted molar refractivity (Wildman–Crippen MR) is 186 cm³/mol. The van der Waals surface area contributed by atoms with Crippen molar-refractivity contribution in [3.05, 3.63) is 177 Å². The molecule has 0 aliphatic heterocycles. The van der Waals surface area contributed by atoms with Crippen LogP contribution in [-0.4, -0.2) is 29.5 Å². The van der Waals surface area contributed by atoms with Crippen molar-refractivity contribution in [2.75, 3.05) is 0 Å². The van der Waals surface area contributed by atoms with Crippen molar-refractivity contribution in [3.8, 4) is 57.2 Å². The molecule has 0 fully saturated rings. The highest BCUT2D eigenvalue weighted by molar-refractivity contribution is 6.29. The van der Waals surface area contributed by atoms with Crippen LogP contribution < -0.4 is 11.1 Å². The fourth-order valence-corrected chi connectivity index (χ4v) is 5.18. The Morgan fingerprint density at radius 3 is 1.57 bits per heavy atom. The molecule has 0 unspecified atom stereocenters. The van der Waals surface area contributed by atoms with Gasteiger partial charge in [0.05, 0.1) is 39.8 Å². The van der Waals surface area contributed by atoms with Crippen LogP contribution in [0.5, 0.6) is 0 Å². The summed E-state index contributed by atoms with van der Waals surface area (Å²) < 4.78 is 2.42. The summed E-state index contributed by atoms with van der Waals surface area (Å²) in [7, 11) is 0. The molecule has 0 saturated carbocycles. The lowest BCUT2D eigenvalue weighted by Gasteiger charge is -2.11. The number of hydrogen-bond donors (Lipinski definition) is 0. The second kappa shape index (κ2) is 14.6. The molecule has 3 heterocycles. The van der Waals surface area contributed by atoms with Gasteiger partial charge in [0.1, 0.15) is 23.5 Å². The van der Waals surface area contributed by atoms with Crippen molar-refractivity contribution >= 4 is 11.6 Å². The number of benzene rings is 4. The second-order valence-electron chi connectivity index (χ2n) is 10.3. The summed E-state index contributed by atoms with van der Waals surface area (Å²) in [4.78, 5) is 34.3. The van der Waals surface area contributed by atoms with Crippen molar-refractivity contribution < 1.29 is 0 Å². The van der Waals surface area contributed by atoms with Crippen molar-refractivity contribution in [3.63, 3.8) is 0 Å². The third kappa shape index (κ3) is 6.91. The van der Waals surface area contributed by atoms with Crippen LogP contribution in [-0.2, 0) is 0 Å². The van der Waals surface area contributed by atoms with Gasteiger partial charge in [0.25, 0.3) is 11.1 Å². The maximum atomic E-state index is 13.2. The molecular weight excluding hydrogens is 636 g/mol. The van der Waals surface area contributed by atoms with E-state index in [0.717, 1.165) is 11.1 Å². The second-order valence-corrected chi connectivity index (χ2v) is 10.7. The fourth-order valence-electron chi connectivity index (χ4n) is 5.00. The number of hydrogen-bond acceptors (Lipinski definition) is 8. The molecule has 0 aliphatic rings. The fraction of sp³-hybridized carbons (Fsp3) is 0. The van der Waals surface area contributed by atoms with Gasteiger partial charge in [-0.15, -0.1) is 0 Å². The Kier molecular flexibility index (Phi) is 9.52. The van der Waals surface area contributed by atoms with Gasteiger partial charge in [-0.2, -0.15) is 30.1 Å². The number of aromatic nitrogens is 6. The van der Waals surface area contributed by atoms with Gasteiger partial charge in [0.2, 0.25) is 0 Å². The van der Waals surface area contributed by atoms with E-state index in [1.807, 2.05) is 60.7 Å². The molecule has 7 rings (SSSR count). The summed E-state index contributed by atoms with van der Waals surface area (Å²) in [6.45, 7) is 0. The maximum absolute atomic E-state index is 13.2. The van der Waals surface area contributed by atoms with Crippen LogP contribution in [0, 0.1) is 22.7 Å². The Bertz CT molecular complexity index is 2470. The van der Waals surface area contributed by atoms with E-state index in [2.05, 4.69) is 32.3 Å². The highest BCUT2D eigenvalue weighted by atomic mass is 35.5. The molecule has 10 nitrogen and oxygen atoms in total. The van der Waals surface area contributed by atoms with E-state index in [9.17, 15) is 20.1 Å². The molecule has 11 heteroatoms. The van der Waals surface area contributed by atoms with E-state index < -0.39 is 0 Å². The Balaban J connectivity index is 0.000000174. The summed E-state index contributed by atoms with van der Waals surface area (Å²) >= 11 is 6.06. The molecule has 0 aliphatic carbocycles. The molecule has 0 atom stereocenters. The van der Waals surface area contributed by atoms with Crippen LogP contribution in [0.1, 0.15) is 11.1 Å². The number of rotatable bonds is 5. The smallest absolute Gasteiger partial charge is 0.267 e. The minimum atomic E-state index is -0.321. The summed E-state index contributed by atoms with van der Waals surface area (Å²) in [6.07, 6.45) is 4.72. The zero-order chi connectivity index (χ0) is 34.2. The van der Waals surface area contributed by atoms with Crippen LogP contribution >= 0.6 is 11.6 Å². The topological polar surface area (TPSA) is 143 Å². The lowest BCUT2D eigenvalue weighted by Crippen LogP contribution is -2.24. The van der Waals surface area contributed by atoms with Crippen molar-refractivity contribution in [2.45, 2.75) is 0 Å². The average molecular weight is 659 g/mol. The van der Waals surface area contributed by atoms with Gasteiger partial charge in [0, 0.05) is 12.4 Å². The number of para-hydroxylation sites is 2. The van der Waals surface area contributed by atoms with E-state index in [4.69, 9.17) is 11.6 Å². The van der Waals surface area contributed by atoms with Crippen LogP contribution in [0.25, 0.3) is 45.0 Å². The molecule has 3 aromatic heterocycles. The first-order valence-electron chi connectivity index (χ1n) is 14.8. The van der Waals surface area contributed by atoms with E-state index >= 15 is 0 Å². The average Bonchev–Trinajstić information content (AvgIpc) is 3.17. The van der Waals surface area contributed by atoms with E-state index in [1.54, 1.807) is 73.2 Å². The first-order chi connectivity index (χ1) is 24.0. The highest BCUT2D eigenvalue weighted by Crippen LogP contribution is 2.23. The van der Waals surface area contributed by atoms with Crippen LogP contribution in [0.4, 0.5) is 0 Å². The monoisotopic (exact) mass is 658 g/mol. The predicted octanol–water partition coefficient (Wildman–Crippen LogP) is 6.65. The molecule has 49 heavy (non-hydrogen) atoms.